The molecule has 0 spiro atoms. The monoisotopic (exact) mass is 895 g/mol. The van der Waals surface area contributed by atoms with E-state index in [-0.39, 0.29) is 40.5 Å². The van der Waals surface area contributed by atoms with Gasteiger partial charge in [0.05, 0.1) is 15.7 Å². The van der Waals surface area contributed by atoms with E-state index in [4.69, 9.17) is 9.47 Å². The number of nitrogens with one attached hydrogen (secondary N) is 2. The van der Waals surface area contributed by atoms with Gasteiger partial charge >= 0.3 is 12.2 Å². The van der Waals surface area contributed by atoms with Gasteiger partial charge in [-0.3, -0.25) is 29.4 Å². The predicted molar refractivity (Wildman–Crippen MR) is 234 cm³/mol. The second-order valence-electron chi connectivity index (χ2n) is 15.1. The number of hydrogen-bond donors (Lipinski definition) is 2. The van der Waals surface area contributed by atoms with E-state index >= 15 is 4.39 Å². The number of hydrazine groups is 2. The zero-order chi connectivity index (χ0) is 42.6. The van der Waals surface area contributed by atoms with Crippen LogP contribution in [0.5, 0.6) is 11.5 Å². The maximum absolute atomic E-state index is 16.2. The fourth-order valence-electron chi connectivity index (χ4n) is 7.91. The number of amides is 4. The molecule has 6 aliphatic heterocycles. The summed E-state index contributed by atoms with van der Waals surface area (Å²) in [7, 11) is 0. The first-order valence-electron chi connectivity index (χ1n) is 20.5. The summed E-state index contributed by atoms with van der Waals surface area (Å²) in [5, 5.41) is 4.49. The van der Waals surface area contributed by atoms with E-state index in [0.717, 1.165) is 62.5 Å². The molecule has 2 atom stereocenters. The van der Waals surface area contributed by atoms with Crippen LogP contribution in [-0.2, 0) is 9.59 Å². The van der Waals surface area contributed by atoms with Gasteiger partial charge < -0.3 is 14.4 Å². The minimum absolute atomic E-state index is 0.00448. The quantitative estimate of drug-likeness (QED) is 0.302. The van der Waals surface area contributed by atoms with Crippen molar-refractivity contribution < 1.29 is 37.4 Å². The van der Waals surface area contributed by atoms with Gasteiger partial charge in [-0.1, -0.05) is 13.8 Å². The summed E-state index contributed by atoms with van der Waals surface area (Å²) in [6.45, 7) is 9.62. The van der Waals surface area contributed by atoms with Crippen molar-refractivity contribution in [3.05, 3.63) is 68.5 Å². The molecule has 0 radical (unpaired) electrons. The molecule has 6 aliphatic rings. The predicted octanol–water partition coefficient (Wildman–Crippen LogP) is 5.92. The van der Waals surface area contributed by atoms with Gasteiger partial charge in [-0.25, -0.2) is 29.2 Å². The number of ether oxygens (including phenoxy) is 2. The van der Waals surface area contributed by atoms with Gasteiger partial charge in [-0.05, 0) is 104 Å². The van der Waals surface area contributed by atoms with Gasteiger partial charge in [0.25, 0.3) is 11.8 Å². The Hall–Kier alpha value is -4.47. The number of aliphatic imine (C=N–C) groups is 2. The smallest absolute Gasteiger partial charge is 0.410 e. The summed E-state index contributed by atoms with van der Waals surface area (Å²) in [6, 6.07) is 6.86. The zero-order valence-corrected chi connectivity index (χ0v) is 36.3. The highest BCUT2D eigenvalue weighted by Crippen LogP contribution is 2.38. The molecule has 20 heteroatoms. The molecule has 0 aromatic heterocycles. The van der Waals surface area contributed by atoms with Gasteiger partial charge in [-0.15, -0.1) is 11.8 Å². The lowest BCUT2D eigenvalue weighted by atomic mass is 9.92. The molecular weight excluding hydrogens is 849 g/mol. The molecule has 1 unspecified atom stereocenters. The highest BCUT2D eigenvalue weighted by atomic mass is 32.2. The van der Waals surface area contributed by atoms with Crippen LogP contribution >= 0.6 is 35.3 Å². The number of nitrogens with zero attached hydrogens (tertiary/aromatic N) is 7. The van der Waals surface area contributed by atoms with Crippen molar-refractivity contribution >= 4 is 81.8 Å². The Kier molecular flexibility index (Phi) is 13.7. The number of amidine groups is 2. The maximum Gasteiger partial charge on any atom is 0.415 e. The molecule has 2 aromatic carbocycles. The van der Waals surface area contributed by atoms with Crippen LogP contribution < -0.4 is 20.3 Å². The van der Waals surface area contributed by atoms with E-state index in [1.165, 1.54) is 47.0 Å². The Bertz CT molecular complexity index is 2180. The van der Waals surface area contributed by atoms with Crippen molar-refractivity contribution in [1.82, 2.24) is 35.6 Å². The van der Waals surface area contributed by atoms with Crippen LogP contribution in [0.3, 0.4) is 0 Å². The lowest BCUT2D eigenvalue weighted by Gasteiger charge is -2.34. The summed E-state index contributed by atoms with van der Waals surface area (Å²) in [4.78, 5) is 67.1. The minimum Gasteiger partial charge on any atom is -0.410 e. The summed E-state index contributed by atoms with van der Waals surface area (Å²) in [5.41, 5.74) is 7.46. The van der Waals surface area contributed by atoms with E-state index in [0.29, 0.717) is 71.4 Å². The Morgan fingerprint density at radius 2 is 1.52 bits per heavy atom. The van der Waals surface area contributed by atoms with E-state index in [1.807, 2.05) is 5.01 Å². The average Bonchev–Trinajstić information content (AvgIpc) is 4.10. The van der Waals surface area contributed by atoms with E-state index in [1.54, 1.807) is 27.7 Å². The number of carbonyl (C=O) groups excluding carboxylic acids is 4. The third-order valence-electron chi connectivity index (χ3n) is 11.3. The molecule has 4 saturated heterocycles. The fourth-order valence-corrected chi connectivity index (χ4v) is 10.7. The lowest BCUT2D eigenvalue weighted by Crippen LogP contribution is -2.48. The van der Waals surface area contributed by atoms with Crippen LogP contribution in [0.2, 0.25) is 0 Å². The number of thioether (sulfide) groups is 3. The van der Waals surface area contributed by atoms with Crippen molar-refractivity contribution in [2.45, 2.75) is 51.5 Å². The molecule has 6 heterocycles. The Labute approximate surface area is 365 Å². The van der Waals surface area contributed by atoms with Crippen LogP contribution in [-0.4, -0.2) is 136 Å². The van der Waals surface area contributed by atoms with Crippen LogP contribution in [0.15, 0.2) is 50.1 Å². The first kappa shape index (κ1) is 43.2. The largest absolute Gasteiger partial charge is 0.415 e. The SMILES string of the molecule is CCN(CC)[C@@H]1CCN(C(=O)Oc2cc(C3CCN(C4=NC(=O)/C(=C\c5ccc(F)cc5OC(=O)N5CCSC5)S4)NC3)c(F)cc2/C=C2/SC(N3CCCCN3)=NC2=O)C1. The summed E-state index contributed by atoms with van der Waals surface area (Å²) < 4.78 is 42.1. The normalized spacial score (nSPS) is 23.5. The highest BCUT2D eigenvalue weighted by molar-refractivity contribution is 8.18. The summed E-state index contributed by atoms with van der Waals surface area (Å²) in [6.07, 6.45) is 5.19. The van der Waals surface area contributed by atoms with Crippen molar-refractivity contribution in [2.24, 2.45) is 9.98 Å². The zero-order valence-electron chi connectivity index (χ0n) is 33.9. The molecule has 0 aliphatic carbocycles. The van der Waals surface area contributed by atoms with Gasteiger partial charge in [0.1, 0.15) is 23.1 Å². The number of likely N-dealkylation sites (N-methyl/N-ethyl adjacent to an activating group) is 1. The molecule has 0 saturated carbocycles. The number of halogens is 2. The molecule has 61 heavy (non-hydrogen) atoms. The van der Waals surface area contributed by atoms with Crippen LogP contribution in [0, 0.1) is 11.6 Å². The maximum atomic E-state index is 16.2. The molecule has 2 N–H and O–H groups in total. The molecule has 324 valence electrons. The van der Waals surface area contributed by atoms with E-state index in [9.17, 15) is 23.6 Å². The molecular formula is C41H47F2N9O6S3. The molecule has 2 aromatic rings. The van der Waals surface area contributed by atoms with Gasteiger partial charge in [0, 0.05) is 80.7 Å². The summed E-state index contributed by atoms with van der Waals surface area (Å²) >= 11 is 3.90. The Morgan fingerprint density at radius 1 is 0.836 bits per heavy atom. The first-order chi connectivity index (χ1) is 29.6. The van der Waals surface area contributed by atoms with Crippen LogP contribution in [0.25, 0.3) is 12.2 Å². The van der Waals surface area contributed by atoms with E-state index in [2.05, 4.69) is 39.6 Å². The Morgan fingerprint density at radius 3 is 2.16 bits per heavy atom. The number of benzene rings is 2. The molecule has 8 rings (SSSR count). The van der Waals surface area contributed by atoms with E-state index < -0.39 is 35.6 Å². The highest BCUT2D eigenvalue weighted by Gasteiger charge is 2.34. The van der Waals surface area contributed by atoms with Crippen molar-refractivity contribution in [1.29, 1.82) is 0 Å². The molecule has 4 amide bonds. The van der Waals surface area contributed by atoms with Gasteiger partial charge in [0.2, 0.25) is 0 Å². The standard InChI is InChI=1S/C41H47F2N9O6S3/c1-3-48(4-2)29-10-13-49(23-29)40(55)58-33-21-30(31(43)17-27(33)19-35-37(54)46-38(61-35)51-12-6-5-11-44-51)26-9-14-52(45-22-26)39-47-36(53)34(60-39)18-25-7-8-28(42)20-32(25)57-41(56)50-15-16-59-24-50/h7-8,17-21,26,29,44-45H,3-6,9-16,22-24H2,1-2H3/b34-18+,35-19+/t26?,29-/m1/s1. The summed E-state index contributed by atoms with van der Waals surface area (Å²) in [5.74, 6) is -1.00. The average molecular weight is 896 g/mol. The fraction of sp³-hybridized carbons (Fsp3) is 0.463. The molecule has 15 nitrogen and oxygen atoms in total. The third-order valence-corrected chi connectivity index (χ3v) is 14.3. The topological polar surface area (TPSA) is 152 Å². The molecule has 4 fully saturated rings. The second kappa shape index (κ2) is 19.3. The number of carbonyl (C=O) groups is 4. The Balaban J connectivity index is 0.969. The van der Waals surface area contributed by atoms with Gasteiger partial charge in [-0.2, -0.15) is 9.98 Å². The van der Waals surface area contributed by atoms with Gasteiger partial charge in [0.15, 0.2) is 10.3 Å². The van der Waals surface area contributed by atoms with Crippen LogP contribution in [0.4, 0.5) is 18.4 Å². The third kappa shape index (κ3) is 9.94. The number of hydrogen-bond acceptors (Lipinski definition) is 14. The lowest BCUT2D eigenvalue weighted by molar-refractivity contribution is -0.114. The van der Waals surface area contributed by atoms with Crippen molar-refractivity contribution in [3.63, 3.8) is 0 Å². The number of likely N-dealkylation sites (tertiary alicyclic amines) is 1. The van der Waals surface area contributed by atoms with Crippen molar-refractivity contribution in [2.75, 3.05) is 70.5 Å². The number of rotatable bonds is 8. The minimum atomic E-state index is -0.592. The van der Waals surface area contributed by atoms with Crippen LogP contribution in [0.1, 0.15) is 62.1 Å². The second-order valence-corrected chi connectivity index (χ2v) is 18.2. The molecule has 0 bridgehead atoms. The van der Waals surface area contributed by atoms with Crippen molar-refractivity contribution in [3.8, 4) is 11.5 Å². The first-order valence-corrected chi connectivity index (χ1v) is 23.3.